The number of hydrogen-bond donors (Lipinski definition) is 0. The summed E-state index contributed by atoms with van der Waals surface area (Å²) in [5, 5.41) is 0. The van der Waals surface area contributed by atoms with E-state index in [-0.39, 0.29) is 42.1 Å². The lowest BCUT2D eigenvalue weighted by Gasteiger charge is -2.38. The lowest BCUT2D eigenvalue weighted by Crippen LogP contribution is -2.45. The van der Waals surface area contributed by atoms with Gasteiger partial charge in [0.2, 0.25) is 5.82 Å². The van der Waals surface area contributed by atoms with E-state index in [9.17, 15) is 13.6 Å². The molecule has 0 spiro atoms. The lowest BCUT2D eigenvalue weighted by molar-refractivity contribution is -0.123. The van der Waals surface area contributed by atoms with Crippen molar-refractivity contribution in [2.45, 2.75) is 31.8 Å². The Balaban J connectivity index is 1.90. The van der Waals surface area contributed by atoms with Gasteiger partial charge in [-0.3, -0.25) is 4.79 Å². The molecular weight excluding hydrogens is 342 g/mol. The van der Waals surface area contributed by atoms with Gasteiger partial charge < -0.3 is 14.2 Å². The van der Waals surface area contributed by atoms with Crippen molar-refractivity contribution in [3.63, 3.8) is 0 Å². The van der Waals surface area contributed by atoms with Crippen molar-refractivity contribution in [2.75, 3.05) is 13.9 Å². The molecule has 1 aromatic rings. The molecule has 1 aliphatic carbocycles. The summed E-state index contributed by atoms with van der Waals surface area (Å²) in [6, 6.07) is 2.92. The number of carbonyl (C=O) groups is 1. The molecule has 1 aliphatic heterocycles. The van der Waals surface area contributed by atoms with Crippen molar-refractivity contribution in [1.29, 1.82) is 0 Å². The molecule has 1 heterocycles. The number of ketones is 1. The van der Waals surface area contributed by atoms with Gasteiger partial charge in [-0.1, -0.05) is 19.1 Å². The monoisotopic (exact) mass is 364 g/mol. The Morgan fingerprint density at radius 2 is 2.19 bits per heavy atom. The molecule has 0 amide bonds. The molecule has 140 valence electrons. The molecule has 2 aliphatic rings. The number of hydrogen-bond acceptors (Lipinski definition) is 4. The molecule has 0 N–H and O–H groups in total. The normalized spacial score (nSPS) is 25.9. The summed E-state index contributed by atoms with van der Waals surface area (Å²) in [6.07, 6.45) is 4.39. The predicted molar refractivity (Wildman–Crippen MR) is 91.6 cm³/mol. The number of carbonyl (C=O) groups excluding carboxylic acids is 1. The van der Waals surface area contributed by atoms with Crippen molar-refractivity contribution in [3.05, 3.63) is 53.8 Å². The van der Waals surface area contributed by atoms with Crippen LogP contribution in [0.5, 0.6) is 5.75 Å². The average molecular weight is 364 g/mol. The van der Waals surface area contributed by atoms with Gasteiger partial charge in [-0.15, -0.1) is 6.58 Å². The second-order valence-corrected chi connectivity index (χ2v) is 6.79. The zero-order valence-electron chi connectivity index (χ0n) is 14.9. The molecule has 6 heteroatoms. The molecule has 26 heavy (non-hydrogen) atoms. The van der Waals surface area contributed by atoms with E-state index in [2.05, 4.69) is 6.58 Å². The zero-order valence-corrected chi connectivity index (χ0v) is 14.9. The molecule has 0 bridgehead atoms. The summed E-state index contributed by atoms with van der Waals surface area (Å²) in [4.78, 5) is 12.2. The van der Waals surface area contributed by atoms with Crippen LogP contribution in [0, 0.1) is 23.5 Å². The Labute approximate surface area is 151 Å². The second-order valence-electron chi connectivity index (χ2n) is 6.79. The molecule has 1 unspecified atom stereocenters. The number of fused-ring (bicyclic) bond motifs is 1. The Hall–Kier alpha value is -2.21. The highest BCUT2D eigenvalue weighted by Crippen LogP contribution is 2.46. The third-order valence-electron chi connectivity index (χ3n) is 5.29. The Kier molecular flexibility index (Phi) is 5.14. The van der Waals surface area contributed by atoms with Crippen LogP contribution >= 0.6 is 0 Å². The Morgan fingerprint density at radius 3 is 2.88 bits per heavy atom. The van der Waals surface area contributed by atoms with Gasteiger partial charge in [0.15, 0.2) is 24.1 Å². The van der Waals surface area contributed by atoms with E-state index < -0.39 is 17.2 Å². The van der Waals surface area contributed by atoms with Gasteiger partial charge in [-0.05, 0) is 36.8 Å². The fraction of sp³-hybridized carbons (Fsp3) is 0.450. The van der Waals surface area contributed by atoms with Crippen LogP contribution in [0.3, 0.4) is 0 Å². The highest BCUT2D eigenvalue weighted by molar-refractivity contribution is 5.93. The number of rotatable bonds is 6. The topological polar surface area (TPSA) is 44.8 Å². The molecular formula is C20H22F2O4. The maximum atomic E-state index is 14.4. The van der Waals surface area contributed by atoms with E-state index in [1.54, 1.807) is 6.08 Å². The molecule has 0 radical (unpaired) electrons. The molecule has 0 aromatic heterocycles. The second kappa shape index (κ2) is 7.19. The minimum atomic E-state index is -1.00. The van der Waals surface area contributed by atoms with Gasteiger partial charge in [0, 0.05) is 12.0 Å². The summed E-state index contributed by atoms with van der Waals surface area (Å²) in [6.45, 7) is 5.64. The molecule has 3 rings (SSSR count). The third kappa shape index (κ3) is 3.03. The molecule has 3 atom stereocenters. The summed E-state index contributed by atoms with van der Waals surface area (Å²) in [7, 11) is 1.29. The average Bonchev–Trinajstić information content (AvgIpc) is 3.03. The number of methoxy groups -OCH3 is 1. The SMILES string of the molecule is C=CC[C@H]1C[C@]2(C(C)Cc3ccc(OC)c(F)c3F)OCOC2=CC1=O. The van der Waals surface area contributed by atoms with Crippen LogP contribution in [0.2, 0.25) is 0 Å². The van der Waals surface area contributed by atoms with Gasteiger partial charge in [-0.2, -0.15) is 4.39 Å². The highest BCUT2D eigenvalue weighted by atomic mass is 19.2. The first-order valence-corrected chi connectivity index (χ1v) is 8.57. The summed E-state index contributed by atoms with van der Waals surface area (Å²) >= 11 is 0. The minimum Gasteiger partial charge on any atom is -0.494 e. The lowest BCUT2D eigenvalue weighted by atomic mass is 9.71. The number of allylic oxidation sites excluding steroid dienone is 2. The van der Waals surface area contributed by atoms with Crippen molar-refractivity contribution in [2.24, 2.45) is 11.8 Å². The minimum absolute atomic E-state index is 0.0186. The molecule has 1 fully saturated rings. The van der Waals surface area contributed by atoms with E-state index in [1.165, 1.54) is 25.3 Å². The van der Waals surface area contributed by atoms with Gasteiger partial charge >= 0.3 is 0 Å². The van der Waals surface area contributed by atoms with Gasteiger partial charge in [0.25, 0.3) is 0 Å². The van der Waals surface area contributed by atoms with E-state index in [1.807, 2.05) is 6.92 Å². The van der Waals surface area contributed by atoms with Crippen LogP contribution in [0.4, 0.5) is 8.78 Å². The zero-order chi connectivity index (χ0) is 18.9. The van der Waals surface area contributed by atoms with Crippen LogP contribution in [-0.2, 0) is 20.7 Å². The van der Waals surface area contributed by atoms with E-state index >= 15 is 0 Å². The maximum absolute atomic E-state index is 14.4. The van der Waals surface area contributed by atoms with E-state index in [0.717, 1.165) is 0 Å². The molecule has 0 saturated carbocycles. The van der Waals surface area contributed by atoms with Crippen LogP contribution in [0.15, 0.2) is 36.6 Å². The summed E-state index contributed by atoms with van der Waals surface area (Å²) in [5.74, 6) is -2.08. The van der Waals surface area contributed by atoms with Crippen LogP contribution in [-0.4, -0.2) is 25.3 Å². The fourth-order valence-corrected chi connectivity index (χ4v) is 3.80. The number of ether oxygens (including phenoxy) is 3. The number of benzene rings is 1. The van der Waals surface area contributed by atoms with E-state index in [0.29, 0.717) is 18.6 Å². The first kappa shape index (κ1) is 18.6. The van der Waals surface area contributed by atoms with Crippen molar-refractivity contribution < 1.29 is 27.8 Å². The first-order valence-electron chi connectivity index (χ1n) is 8.57. The van der Waals surface area contributed by atoms with Crippen molar-refractivity contribution >= 4 is 5.78 Å². The van der Waals surface area contributed by atoms with Crippen LogP contribution in [0.25, 0.3) is 0 Å². The largest absolute Gasteiger partial charge is 0.494 e. The molecule has 1 aromatic carbocycles. The van der Waals surface area contributed by atoms with Gasteiger partial charge in [-0.25, -0.2) is 4.39 Å². The van der Waals surface area contributed by atoms with Crippen LogP contribution < -0.4 is 4.74 Å². The van der Waals surface area contributed by atoms with Crippen LogP contribution in [0.1, 0.15) is 25.3 Å². The quantitative estimate of drug-likeness (QED) is 0.717. The Bertz CT molecular complexity index is 758. The molecule has 1 saturated heterocycles. The summed E-state index contributed by atoms with van der Waals surface area (Å²) < 4.78 is 44.6. The fourth-order valence-electron chi connectivity index (χ4n) is 3.80. The van der Waals surface area contributed by atoms with E-state index in [4.69, 9.17) is 14.2 Å². The predicted octanol–water partition coefficient (Wildman–Crippen LogP) is 3.94. The van der Waals surface area contributed by atoms with Crippen molar-refractivity contribution in [3.8, 4) is 5.75 Å². The summed E-state index contributed by atoms with van der Waals surface area (Å²) in [5.41, 5.74) is -0.582. The Morgan fingerprint density at radius 1 is 1.42 bits per heavy atom. The van der Waals surface area contributed by atoms with Gasteiger partial charge in [0.05, 0.1) is 7.11 Å². The molecule has 4 nitrogen and oxygen atoms in total. The first-order chi connectivity index (χ1) is 12.4. The number of halogens is 2. The standard InChI is InChI=1S/C20H22F2O4/c1-4-5-14-10-20(17(9-15(14)23)25-11-26-20)12(2)8-13-6-7-16(24-3)19(22)18(13)21/h4,6-7,9,12,14H,1,5,8,10-11H2,2-3H3/t12?,14-,20+/m0/s1. The smallest absolute Gasteiger partial charge is 0.200 e. The third-order valence-corrected chi connectivity index (χ3v) is 5.29. The van der Waals surface area contributed by atoms with Gasteiger partial charge in [0.1, 0.15) is 11.4 Å². The van der Waals surface area contributed by atoms with Crippen molar-refractivity contribution in [1.82, 2.24) is 0 Å². The maximum Gasteiger partial charge on any atom is 0.200 e. The highest BCUT2D eigenvalue weighted by Gasteiger charge is 2.51.